The average molecular weight is 494 g/mol. The number of carbonyl (C=O) groups is 1. The monoisotopic (exact) mass is 493 g/mol. The van der Waals surface area contributed by atoms with Gasteiger partial charge in [0.05, 0.1) is 16.8 Å². The number of anilines is 1. The third-order valence-corrected chi connectivity index (χ3v) is 7.28. The summed E-state index contributed by atoms with van der Waals surface area (Å²) >= 11 is 0. The maximum atomic E-state index is 13.5. The molecule has 8 nitrogen and oxygen atoms in total. The van der Waals surface area contributed by atoms with Gasteiger partial charge in [0, 0.05) is 5.56 Å². The van der Waals surface area contributed by atoms with Gasteiger partial charge in [-0.25, -0.2) is 13.8 Å². The van der Waals surface area contributed by atoms with Crippen LogP contribution in [0.3, 0.4) is 0 Å². The second-order valence-corrected chi connectivity index (χ2v) is 10.1. The van der Waals surface area contributed by atoms with Crippen LogP contribution >= 0.6 is 0 Å². The summed E-state index contributed by atoms with van der Waals surface area (Å²) < 4.78 is 39.4. The zero-order valence-corrected chi connectivity index (χ0v) is 20.6. The lowest BCUT2D eigenvalue weighted by molar-refractivity contribution is -0.119. The van der Waals surface area contributed by atoms with E-state index in [0.29, 0.717) is 36.0 Å². The molecule has 1 amide bonds. The molecular formula is C26H27N3O5S. The fraction of sp³-hybridized carbons (Fsp3) is 0.231. The number of nitrogens with zero attached hydrogens (tertiary/aromatic N) is 2. The molecule has 35 heavy (non-hydrogen) atoms. The van der Waals surface area contributed by atoms with Gasteiger partial charge in [-0.15, -0.1) is 0 Å². The van der Waals surface area contributed by atoms with Crippen molar-refractivity contribution in [1.82, 2.24) is 5.43 Å². The van der Waals surface area contributed by atoms with E-state index in [9.17, 15) is 13.2 Å². The van der Waals surface area contributed by atoms with Crippen LogP contribution in [0.2, 0.25) is 0 Å². The molecule has 1 heterocycles. The molecule has 3 aromatic rings. The van der Waals surface area contributed by atoms with Crippen LogP contribution in [-0.2, 0) is 14.8 Å². The van der Waals surface area contributed by atoms with Gasteiger partial charge in [-0.1, -0.05) is 41.5 Å². The Morgan fingerprint density at radius 2 is 1.71 bits per heavy atom. The molecular weight excluding hydrogens is 466 g/mol. The molecule has 182 valence electrons. The van der Waals surface area contributed by atoms with Crippen LogP contribution in [0, 0.1) is 20.8 Å². The van der Waals surface area contributed by atoms with Gasteiger partial charge in [-0.05, 0) is 56.7 Å². The molecule has 9 heteroatoms. The fourth-order valence-corrected chi connectivity index (χ4v) is 5.25. The van der Waals surface area contributed by atoms with Crippen molar-refractivity contribution in [3.8, 4) is 11.5 Å². The minimum absolute atomic E-state index is 0.104. The van der Waals surface area contributed by atoms with Crippen molar-refractivity contribution in [1.29, 1.82) is 0 Å². The predicted molar refractivity (Wildman–Crippen MR) is 135 cm³/mol. The van der Waals surface area contributed by atoms with Crippen LogP contribution in [0.15, 0.2) is 70.7 Å². The molecule has 0 saturated carbocycles. The van der Waals surface area contributed by atoms with Crippen molar-refractivity contribution in [2.75, 3.05) is 24.1 Å². The van der Waals surface area contributed by atoms with Crippen LogP contribution in [0.5, 0.6) is 11.5 Å². The first kappa shape index (κ1) is 24.3. The van der Waals surface area contributed by atoms with E-state index < -0.39 is 22.5 Å². The Hall–Kier alpha value is -3.85. The van der Waals surface area contributed by atoms with Crippen LogP contribution in [-0.4, -0.2) is 40.3 Å². The average Bonchev–Trinajstić information content (AvgIpc) is 2.83. The largest absolute Gasteiger partial charge is 0.486 e. The Balaban J connectivity index is 1.58. The minimum atomic E-state index is -4.01. The zero-order valence-electron chi connectivity index (χ0n) is 19.8. The van der Waals surface area contributed by atoms with Gasteiger partial charge < -0.3 is 9.47 Å². The number of nitrogens with one attached hydrogen (secondary N) is 1. The fourth-order valence-electron chi connectivity index (χ4n) is 3.76. The molecule has 0 spiro atoms. The zero-order chi connectivity index (χ0) is 25.0. The molecule has 0 unspecified atom stereocenters. The maximum absolute atomic E-state index is 13.5. The molecule has 0 aromatic heterocycles. The van der Waals surface area contributed by atoms with E-state index in [1.807, 2.05) is 32.9 Å². The van der Waals surface area contributed by atoms with E-state index in [1.54, 1.807) is 36.4 Å². The van der Waals surface area contributed by atoms with Gasteiger partial charge in [0.1, 0.15) is 19.8 Å². The smallest absolute Gasteiger partial charge is 0.264 e. The quantitative estimate of drug-likeness (QED) is 0.400. The van der Waals surface area contributed by atoms with Crippen LogP contribution < -0.4 is 19.2 Å². The molecule has 0 saturated heterocycles. The summed E-state index contributed by atoms with van der Waals surface area (Å²) in [5, 5.41) is 4.02. The Labute approximate surface area is 205 Å². The summed E-state index contributed by atoms with van der Waals surface area (Å²) in [4.78, 5) is 12.9. The first-order valence-electron chi connectivity index (χ1n) is 11.1. The first-order chi connectivity index (χ1) is 16.8. The third kappa shape index (κ3) is 5.46. The minimum Gasteiger partial charge on any atom is -0.486 e. The molecule has 3 aromatic carbocycles. The maximum Gasteiger partial charge on any atom is 0.264 e. The molecule has 0 atom stereocenters. The van der Waals surface area contributed by atoms with Crippen molar-refractivity contribution in [2.45, 2.75) is 25.7 Å². The van der Waals surface area contributed by atoms with Gasteiger partial charge in [-0.3, -0.25) is 9.10 Å². The Bertz CT molecular complexity index is 1370. The Kier molecular flexibility index (Phi) is 7.07. The number of ether oxygens (including phenoxy) is 2. The second kappa shape index (κ2) is 10.2. The van der Waals surface area contributed by atoms with E-state index in [1.165, 1.54) is 18.3 Å². The van der Waals surface area contributed by atoms with Gasteiger partial charge in [-0.2, -0.15) is 5.10 Å². The van der Waals surface area contributed by atoms with Gasteiger partial charge >= 0.3 is 0 Å². The summed E-state index contributed by atoms with van der Waals surface area (Å²) in [7, 11) is -4.01. The summed E-state index contributed by atoms with van der Waals surface area (Å²) in [5.74, 6) is 0.575. The van der Waals surface area contributed by atoms with E-state index in [4.69, 9.17) is 9.47 Å². The van der Waals surface area contributed by atoms with Crippen molar-refractivity contribution in [3.05, 3.63) is 82.9 Å². The molecule has 1 N–H and O–H groups in total. The van der Waals surface area contributed by atoms with E-state index in [-0.39, 0.29) is 4.90 Å². The number of hydrazone groups is 1. The normalized spacial score (nSPS) is 13.0. The van der Waals surface area contributed by atoms with Crippen molar-refractivity contribution in [2.24, 2.45) is 5.10 Å². The Morgan fingerprint density at radius 3 is 2.46 bits per heavy atom. The number of fused-ring (bicyclic) bond motifs is 1. The van der Waals surface area contributed by atoms with E-state index in [2.05, 4.69) is 10.5 Å². The topological polar surface area (TPSA) is 97.3 Å². The molecule has 0 aliphatic carbocycles. The van der Waals surface area contributed by atoms with Crippen molar-refractivity contribution >= 4 is 27.8 Å². The Morgan fingerprint density at radius 1 is 1.00 bits per heavy atom. The lowest BCUT2D eigenvalue weighted by Crippen LogP contribution is -2.40. The molecule has 0 radical (unpaired) electrons. The van der Waals surface area contributed by atoms with E-state index in [0.717, 1.165) is 21.0 Å². The summed E-state index contributed by atoms with van der Waals surface area (Å²) in [6.07, 6.45) is 1.45. The van der Waals surface area contributed by atoms with Crippen molar-refractivity contribution in [3.63, 3.8) is 0 Å². The highest BCUT2D eigenvalue weighted by atomic mass is 32.2. The number of amides is 1. The first-order valence-corrected chi connectivity index (χ1v) is 12.6. The molecule has 4 rings (SSSR count). The van der Waals surface area contributed by atoms with Gasteiger partial charge in [0.15, 0.2) is 11.5 Å². The number of sulfonamides is 1. The van der Waals surface area contributed by atoms with Gasteiger partial charge in [0.2, 0.25) is 0 Å². The molecule has 1 aliphatic heterocycles. The van der Waals surface area contributed by atoms with Crippen molar-refractivity contribution < 1.29 is 22.7 Å². The number of benzene rings is 3. The predicted octanol–water partition coefficient (Wildman–Crippen LogP) is 3.73. The number of hydrogen-bond donors (Lipinski definition) is 1. The van der Waals surface area contributed by atoms with Gasteiger partial charge in [0.25, 0.3) is 15.9 Å². The summed E-state index contributed by atoms with van der Waals surface area (Å²) in [6, 6.07) is 17.3. The highest BCUT2D eigenvalue weighted by molar-refractivity contribution is 7.92. The molecule has 0 bridgehead atoms. The molecule has 0 fully saturated rings. The highest BCUT2D eigenvalue weighted by Crippen LogP contribution is 2.32. The summed E-state index contributed by atoms with van der Waals surface area (Å²) in [6.45, 7) is 6.07. The number of carbonyl (C=O) groups excluding carboxylic acids is 1. The highest BCUT2D eigenvalue weighted by Gasteiger charge is 2.28. The number of aryl methyl sites for hydroxylation is 3. The SMILES string of the molecule is Cc1ccc(S(=O)(=O)N(CC(=O)N/N=C\c2cccc3c2OCCO3)c2ccc(C)cc2C)cc1. The molecule has 1 aliphatic rings. The lowest BCUT2D eigenvalue weighted by Gasteiger charge is -2.25. The standard InChI is InChI=1S/C26H27N3O5S/c1-18-7-10-22(11-8-18)35(31,32)29(23-12-9-19(2)15-20(23)3)17-25(30)28-27-16-21-5-4-6-24-26(21)34-14-13-33-24/h4-12,15-16H,13-14,17H2,1-3H3,(H,28,30)/b27-16-. The number of hydrogen-bond acceptors (Lipinski definition) is 6. The van der Waals surface area contributed by atoms with Crippen LogP contribution in [0.1, 0.15) is 22.3 Å². The second-order valence-electron chi connectivity index (χ2n) is 8.28. The number of rotatable bonds is 7. The van der Waals surface area contributed by atoms with Crippen LogP contribution in [0.25, 0.3) is 0 Å². The third-order valence-electron chi connectivity index (χ3n) is 5.51. The lowest BCUT2D eigenvalue weighted by atomic mass is 10.1. The van der Waals surface area contributed by atoms with E-state index >= 15 is 0 Å². The van der Waals surface area contributed by atoms with Crippen LogP contribution in [0.4, 0.5) is 5.69 Å². The number of para-hydroxylation sites is 1. The summed E-state index contributed by atoms with van der Waals surface area (Å²) in [5.41, 5.74) is 6.17.